The van der Waals surface area contributed by atoms with Crippen molar-refractivity contribution in [3.05, 3.63) is 53.6 Å². The first-order valence-electron chi connectivity index (χ1n) is 7.35. The van der Waals surface area contributed by atoms with Gasteiger partial charge in [-0.15, -0.1) is 0 Å². The molecule has 0 spiro atoms. The molecule has 114 valence electrons. The van der Waals surface area contributed by atoms with Crippen molar-refractivity contribution in [2.24, 2.45) is 0 Å². The quantitative estimate of drug-likeness (QED) is 0.923. The molecular weight excluding hydrogens is 278 g/mol. The normalized spacial score (nSPS) is 19.6. The fourth-order valence-electron chi connectivity index (χ4n) is 2.44. The highest BCUT2D eigenvalue weighted by molar-refractivity contribution is 5.95. The number of ether oxygens (including phenoxy) is 2. The van der Waals surface area contributed by atoms with Crippen LogP contribution in [0, 0.1) is 13.8 Å². The van der Waals surface area contributed by atoms with E-state index in [1.165, 1.54) is 5.56 Å². The lowest BCUT2D eigenvalue weighted by Gasteiger charge is -2.31. The Morgan fingerprint density at radius 1 is 1.00 bits per heavy atom. The molecule has 2 atom stereocenters. The molecule has 4 nitrogen and oxygen atoms in total. The standard InChI is InChI=1S/C18H19NO3/c1-11-8-9-14(10-12(11)2)19-18(20)17-13(3)21-15-6-4-5-7-16(15)22-17/h4-10,13,17H,1-3H3,(H,19,20)/t13-,17-/m0/s1. The summed E-state index contributed by atoms with van der Waals surface area (Å²) < 4.78 is 11.6. The van der Waals surface area contributed by atoms with Crippen LogP contribution in [-0.2, 0) is 4.79 Å². The van der Waals surface area contributed by atoms with Gasteiger partial charge < -0.3 is 14.8 Å². The van der Waals surface area contributed by atoms with Gasteiger partial charge in [-0.05, 0) is 56.2 Å². The third-order valence-corrected chi connectivity index (χ3v) is 3.88. The molecule has 1 N–H and O–H groups in total. The Kier molecular flexibility index (Phi) is 3.75. The number of hydrogen-bond acceptors (Lipinski definition) is 3. The largest absolute Gasteiger partial charge is 0.482 e. The molecule has 0 saturated heterocycles. The molecule has 0 saturated carbocycles. The van der Waals surface area contributed by atoms with Crippen LogP contribution in [0.25, 0.3) is 0 Å². The van der Waals surface area contributed by atoms with E-state index in [1.807, 2.05) is 57.2 Å². The van der Waals surface area contributed by atoms with Gasteiger partial charge in [0.1, 0.15) is 6.10 Å². The summed E-state index contributed by atoms with van der Waals surface area (Å²) >= 11 is 0. The van der Waals surface area contributed by atoms with Crippen molar-refractivity contribution in [2.45, 2.75) is 33.0 Å². The molecule has 2 aromatic carbocycles. The van der Waals surface area contributed by atoms with E-state index in [-0.39, 0.29) is 12.0 Å². The zero-order chi connectivity index (χ0) is 15.7. The summed E-state index contributed by atoms with van der Waals surface area (Å²) in [6.45, 7) is 5.89. The molecule has 0 bridgehead atoms. The van der Waals surface area contributed by atoms with Crippen molar-refractivity contribution < 1.29 is 14.3 Å². The monoisotopic (exact) mass is 297 g/mol. The van der Waals surface area contributed by atoms with E-state index >= 15 is 0 Å². The van der Waals surface area contributed by atoms with Gasteiger partial charge in [-0.25, -0.2) is 0 Å². The van der Waals surface area contributed by atoms with Gasteiger partial charge in [-0.2, -0.15) is 0 Å². The number of fused-ring (bicyclic) bond motifs is 1. The van der Waals surface area contributed by atoms with Gasteiger partial charge >= 0.3 is 0 Å². The maximum absolute atomic E-state index is 12.5. The number of amides is 1. The summed E-state index contributed by atoms with van der Waals surface area (Å²) in [7, 11) is 0. The molecule has 1 aliphatic heterocycles. The first kappa shape index (κ1) is 14.4. The predicted octanol–water partition coefficient (Wildman–Crippen LogP) is 3.47. The third kappa shape index (κ3) is 2.77. The van der Waals surface area contributed by atoms with Crippen LogP contribution in [0.1, 0.15) is 18.1 Å². The highest BCUT2D eigenvalue weighted by Crippen LogP contribution is 2.33. The van der Waals surface area contributed by atoms with Gasteiger partial charge in [0, 0.05) is 5.69 Å². The molecule has 4 heteroatoms. The van der Waals surface area contributed by atoms with Crippen molar-refractivity contribution in [1.29, 1.82) is 0 Å². The average Bonchev–Trinajstić information content (AvgIpc) is 2.50. The Balaban J connectivity index is 1.76. The van der Waals surface area contributed by atoms with E-state index in [0.29, 0.717) is 11.5 Å². The van der Waals surface area contributed by atoms with Gasteiger partial charge in [0.25, 0.3) is 5.91 Å². The number of para-hydroxylation sites is 2. The summed E-state index contributed by atoms with van der Waals surface area (Å²) in [5, 5.41) is 2.90. The van der Waals surface area contributed by atoms with Crippen LogP contribution in [-0.4, -0.2) is 18.1 Å². The maximum atomic E-state index is 12.5. The predicted molar refractivity (Wildman–Crippen MR) is 85.5 cm³/mol. The Bertz CT molecular complexity index is 711. The van der Waals surface area contributed by atoms with Crippen LogP contribution in [0.3, 0.4) is 0 Å². The van der Waals surface area contributed by atoms with Crippen LogP contribution in [0.5, 0.6) is 11.5 Å². The van der Waals surface area contributed by atoms with Crippen LogP contribution >= 0.6 is 0 Å². The maximum Gasteiger partial charge on any atom is 0.269 e. The third-order valence-electron chi connectivity index (χ3n) is 3.88. The van der Waals surface area contributed by atoms with Crippen molar-refractivity contribution in [2.75, 3.05) is 5.32 Å². The number of carbonyl (C=O) groups excluding carboxylic acids is 1. The number of aryl methyl sites for hydroxylation is 2. The fourth-order valence-corrected chi connectivity index (χ4v) is 2.44. The lowest BCUT2D eigenvalue weighted by molar-refractivity contribution is -0.128. The van der Waals surface area contributed by atoms with Crippen molar-refractivity contribution in [3.8, 4) is 11.5 Å². The van der Waals surface area contributed by atoms with E-state index in [4.69, 9.17) is 9.47 Å². The highest BCUT2D eigenvalue weighted by atomic mass is 16.6. The number of hydrogen-bond donors (Lipinski definition) is 1. The summed E-state index contributed by atoms with van der Waals surface area (Å²) in [4.78, 5) is 12.5. The Morgan fingerprint density at radius 2 is 1.68 bits per heavy atom. The Morgan fingerprint density at radius 3 is 2.36 bits per heavy atom. The Labute approximate surface area is 130 Å². The zero-order valence-electron chi connectivity index (χ0n) is 12.9. The average molecular weight is 297 g/mol. The molecule has 1 heterocycles. The number of anilines is 1. The summed E-state index contributed by atoms with van der Waals surface area (Å²) in [6.07, 6.45) is -1.02. The fraction of sp³-hybridized carbons (Fsp3) is 0.278. The molecule has 22 heavy (non-hydrogen) atoms. The summed E-state index contributed by atoms with van der Waals surface area (Å²) in [5.41, 5.74) is 3.09. The molecule has 0 aromatic heterocycles. The molecule has 0 radical (unpaired) electrons. The van der Waals surface area contributed by atoms with E-state index < -0.39 is 6.10 Å². The first-order valence-corrected chi connectivity index (χ1v) is 7.35. The van der Waals surface area contributed by atoms with Gasteiger partial charge in [0.15, 0.2) is 11.5 Å². The first-order chi connectivity index (χ1) is 10.5. The van der Waals surface area contributed by atoms with Crippen molar-refractivity contribution in [3.63, 3.8) is 0 Å². The van der Waals surface area contributed by atoms with Crippen molar-refractivity contribution in [1.82, 2.24) is 0 Å². The SMILES string of the molecule is Cc1ccc(NC(=O)[C@H]2Oc3ccccc3O[C@H]2C)cc1C. The Hall–Kier alpha value is -2.49. The van der Waals surface area contributed by atoms with Gasteiger partial charge in [0.2, 0.25) is 6.10 Å². The zero-order valence-corrected chi connectivity index (χ0v) is 12.9. The van der Waals surface area contributed by atoms with Crippen LogP contribution in [0.15, 0.2) is 42.5 Å². The van der Waals surface area contributed by atoms with E-state index in [1.54, 1.807) is 6.07 Å². The summed E-state index contributed by atoms with van der Waals surface area (Å²) in [5.74, 6) is 1.07. The summed E-state index contributed by atoms with van der Waals surface area (Å²) in [6, 6.07) is 13.2. The minimum atomic E-state index is -0.670. The lowest BCUT2D eigenvalue weighted by atomic mass is 10.1. The van der Waals surface area contributed by atoms with E-state index in [0.717, 1.165) is 11.3 Å². The second-order valence-electron chi connectivity index (χ2n) is 5.60. The molecule has 0 fully saturated rings. The van der Waals surface area contributed by atoms with Crippen molar-refractivity contribution >= 4 is 11.6 Å². The van der Waals surface area contributed by atoms with Gasteiger partial charge in [-0.1, -0.05) is 18.2 Å². The molecule has 1 aliphatic rings. The van der Waals surface area contributed by atoms with Gasteiger partial charge in [0.05, 0.1) is 0 Å². The molecular formula is C18H19NO3. The topological polar surface area (TPSA) is 47.6 Å². The molecule has 0 aliphatic carbocycles. The van der Waals surface area contributed by atoms with Crippen LogP contribution < -0.4 is 14.8 Å². The molecule has 2 aromatic rings. The minimum absolute atomic E-state index is 0.203. The lowest BCUT2D eigenvalue weighted by Crippen LogP contribution is -2.46. The number of rotatable bonds is 2. The molecule has 1 amide bonds. The van der Waals surface area contributed by atoms with E-state index in [9.17, 15) is 4.79 Å². The highest BCUT2D eigenvalue weighted by Gasteiger charge is 2.34. The van der Waals surface area contributed by atoms with E-state index in [2.05, 4.69) is 5.32 Å². The second kappa shape index (κ2) is 5.72. The van der Waals surface area contributed by atoms with Crippen LogP contribution in [0.4, 0.5) is 5.69 Å². The number of nitrogens with one attached hydrogen (secondary N) is 1. The minimum Gasteiger partial charge on any atom is -0.482 e. The molecule has 0 unspecified atom stereocenters. The van der Waals surface area contributed by atoms with Crippen LogP contribution in [0.2, 0.25) is 0 Å². The molecule has 3 rings (SSSR count). The smallest absolute Gasteiger partial charge is 0.269 e. The number of benzene rings is 2. The number of carbonyl (C=O) groups is 1. The second-order valence-corrected chi connectivity index (χ2v) is 5.60. The van der Waals surface area contributed by atoms with Gasteiger partial charge in [-0.3, -0.25) is 4.79 Å².